The lowest BCUT2D eigenvalue weighted by molar-refractivity contribution is 0.623. The van der Waals surface area contributed by atoms with Gasteiger partial charge in [0.25, 0.3) is 0 Å². The molecule has 100 valence electrons. The van der Waals surface area contributed by atoms with Gasteiger partial charge in [0, 0.05) is 20.3 Å². The van der Waals surface area contributed by atoms with Gasteiger partial charge >= 0.3 is 0 Å². The van der Waals surface area contributed by atoms with E-state index >= 15 is 0 Å². The molecule has 0 aromatic carbocycles. The second kappa shape index (κ2) is 6.47. The van der Waals surface area contributed by atoms with Gasteiger partial charge in [0.05, 0.1) is 12.2 Å². The molecule has 0 unspecified atom stereocenters. The maximum atomic E-state index is 5.34. The zero-order chi connectivity index (χ0) is 13.8. The van der Waals surface area contributed by atoms with Gasteiger partial charge in [-0.3, -0.25) is 9.55 Å². The van der Waals surface area contributed by atoms with E-state index in [1.165, 1.54) is 20.7 Å². The van der Waals surface area contributed by atoms with Gasteiger partial charge in [-0.25, -0.2) is 0 Å². The summed E-state index contributed by atoms with van der Waals surface area (Å²) in [6.07, 6.45) is 1.77. The van der Waals surface area contributed by atoms with Crippen LogP contribution in [0.2, 0.25) is 0 Å². The van der Waals surface area contributed by atoms with Crippen molar-refractivity contribution in [3.05, 3.63) is 38.8 Å². The van der Waals surface area contributed by atoms with E-state index in [4.69, 9.17) is 24.4 Å². The SMILES string of the molecule is CN(C)C(=S)/N=c1\ssc(=S)n1Cc1ccccn1. The first-order valence-corrected chi connectivity index (χ1v) is 8.40. The fourth-order valence-corrected chi connectivity index (χ4v) is 3.85. The zero-order valence-corrected chi connectivity index (χ0v) is 13.7. The highest BCUT2D eigenvalue weighted by Gasteiger charge is 2.04. The molecular formula is C11H12N4S4. The van der Waals surface area contributed by atoms with Crippen molar-refractivity contribution in [2.75, 3.05) is 14.1 Å². The van der Waals surface area contributed by atoms with Crippen LogP contribution in [0.3, 0.4) is 0 Å². The summed E-state index contributed by atoms with van der Waals surface area (Å²) >= 11 is 10.5. The molecule has 0 aliphatic heterocycles. The molecule has 2 heterocycles. The van der Waals surface area contributed by atoms with Crippen molar-refractivity contribution in [3.63, 3.8) is 0 Å². The minimum Gasteiger partial charge on any atom is -0.353 e. The van der Waals surface area contributed by atoms with Gasteiger partial charge < -0.3 is 4.90 Å². The van der Waals surface area contributed by atoms with E-state index < -0.39 is 0 Å². The van der Waals surface area contributed by atoms with E-state index in [1.54, 1.807) is 11.1 Å². The van der Waals surface area contributed by atoms with E-state index in [-0.39, 0.29) is 0 Å². The molecule has 2 rings (SSSR count). The Hall–Kier alpha value is -0.960. The van der Waals surface area contributed by atoms with Crippen molar-refractivity contribution in [2.24, 2.45) is 4.99 Å². The van der Waals surface area contributed by atoms with E-state index in [1.807, 2.05) is 36.9 Å². The van der Waals surface area contributed by atoms with Crippen LogP contribution in [0.5, 0.6) is 0 Å². The third kappa shape index (κ3) is 3.75. The molecule has 0 saturated heterocycles. The quantitative estimate of drug-likeness (QED) is 0.627. The van der Waals surface area contributed by atoms with Crippen LogP contribution in [0.4, 0.5) is 0 Å². The first-order chi connectivity index (χ1) is 9.08. The summed E-state index contributed by atoms with van der Waals surface area (Å²) in [4.78, 5) is 11.4. The third-order valence-corrected chi connectivity index (χ3v) is 5.58. The number of nitrogens with zero attached hydrogens (tertiary/aromatic N) is 4. The summed E-state index contributed by atoms with van der Waals surface area (Å²) < 4.78 is 2.75. The largest absolute Gasteiger partial charge is 0.353 e. The molecule has 0 aliphatic rings. The van der Waals surface area contributed by atoms with Crippen LogP contribution in [-0.2, 0) is 6.54 Å². The molecule has 2 aromatic heterocycles. The van der Waals surface area contributed by atoms with Crippen LogP contribution in [-0.4, -0.2) is 33.7 Å². The van der Waals surface area contributed by atoms with Crippen molar-refractivity contribution in [1.82, 2.24) is 14.5 Å². The normalized spacial score (nSPS) is 11.6. The Labute approximate surface area is 129 Å². The lowest BCUT2D eigenvalue weighted by atomic mass is 10.3. The molecule has 8 heteroatoms. The first kappa shape index (κ1) is 14.4. The average molecular weight is 329 g/mol. The van der Waals surface area contributed by atoms with Crippen LogP contribution in [0.25, 0.3) is 0 Å². The molecule has 4 nitrogen and oxygen atoms in total. The van der Waals surface area contributed by atoms with Gasteiger partial charge in [-0.05, 0) is 57.2 Å². The molecule has 0 radical (unpaired) electrons. The number of aromatic nitrogens is 2. The van der Waals surface area contributed by atoms with E-state index in [0.717, 1.165) is 14.4 Å². The summed E-state index contributed by atoms with van der Waals surface area (Å²) in [5.74, 6) is 0. The van der Waals surface area contributed by atoms with Crippen LogP contribution in [0, 0.1) is 3.95 Å². The van der Waals surface area contributed by atoms with Crippen molar-refractivity contribution >= 4 is 50.2 Å². The predicted octanol–water partition coefficient (Wildman–Crippen LogP) is 2.53. The fraction of sp³-hybridized carbons (Fsp3) is 0.273. The third-order valence-electron chi connectivity index (χ3n) is 2.26. The summed E-state index contributed by atoms with van der Waals surface area (Å²) in [5.41, 5.74) is 0.955. The van der Waals surface area contributed by atoms with Gasteiger partial charge in [0.2, 0.25) is 4.80 Å². The summed E-state index contributed by atoms with van der Waals surface area (Å²) in [6, 6.07) is 5.83. The highest BCUT2D eigenvalue weighted by Crippen LogP contribution is 2.07. The minimum atomic E-state index is 0.541. The zero-order valence-electron chi connectivity index (χ0n) is 10.4. The van der Waals surface area contributed by atoms with Gasteiger partial charge in [0.15, 0.2) is 9.07 Å². The Morgan fingerprint density at radius 1 is 1.42 bits per heavy atom. The van der Waals surface area contributed by atoms with Gasteiger partial charge in [-0.1, -0.05) is 6.07 Å². The second-order valence-electron chi connectivity index (χ2n) is 3.91. The molecule has 0 fully saturated rings. The Kier molecular flexibility index (Phi) is 4.92. The molecule has 2 aromatic rings. The lowest BCUT2D eigenvalue weighted by Crippen LogP contribution is -2.23. The van der Waals surface area contributed by atoms with Crippen molar-refractivity contribution in [2.45, 2.75) is 6.54 Å². The van der Waals surface area contributed by atoms with Gasteiger partial charge in [-0.2, -0.15) is 4.99 Å². The fourth-order valence-electron chi connectivity index (χ4n) is 1.29. The predicted molar refractivity (Wildman–Crippen MR) is 86.2 cm³/mol. The smallest absolute Gasteiger partial charge is 0.204 e. The molecule has 0 bridgehead atoms. The highest BCUT2D eigenvalue weighted by atomic mass is 32.9. The van der Waals surface area contributed by atoms with Crippen LogP contribution >= 0.6 is 45.1 Å². The Morgan fingerprint density at radius 2 is 2.21 bits per heavy atom. The monoisotopic (exact) mass is 328 g/mol. The van der Waals surface area contributed by atoms with Crippen LogP contribution < -0.4 is 4.80 Å². The lowest BCUT2D eigenvalue weighted by Gasteiger charge is -2.08. The summed E-state index contributed by atoms with van der Waals surface area (Å²) in [5, 5.41) is 0.541. The topological polar surface area (TPSA) is 33.4 Å². The molecule has 0 N–H and O–H groups in total. The number of hydrogen-bond donors (Lipinski definition) is 0. The number of thiocarbonyl (C=S) groups is 1. The van der Waals surface area contributed by atoms with Crippen molar-refractivity contribution in [1.29, 1.82) is 0 Å². The van der Waals surface area contributed by atoms with Crippen molar-refractivity contribution in [3.8, 4) is 0 Å². The molecule has 0 aliphatic carbocycles. The summed E-state index contributed by atoms with van der Waals surface area (Å²) in [7, 11) is 6.81. The van der Waals surface area contributed by atoms with E-state index in [9.17, 15) is 0 Å². The van der Waals surface area contributed by atoms with E-state index in [0.29, 0.717) is 11.7 Å². The van der Waals surface area contributed by atoms with Crippen molar-refractivity contribution < 1.29 is 0 Å². The second-order valence-corrected chi connectivity index (χ2v) is 7.01. The minimum absolute atomic E-state index is 0.541. The van der Waals surface area contributed by atoms with Crippen LogP contribution in [0.1, 0.15) is 5.69 Å². The maximum absolute atomic E-state index is 5.34. The number of pyridine rings is 1. The highest BCUT2D eigenvalue weighted by molar-refractivity contribution is 7.80. The van der Waals surface area contributed by atoms with Gasteiger partial charge in [0.1, 0.15) is 0 Å². The molecule has 0 saturated carbocycles. The standard InChI is InChI=1S/C11H12N4S4/c1-14(2)9(16)13-10-15(11(17)19-18-10)7-8-5-3-4-6-12-8/h3-6H,7H2,1-2H3/b13-10-. The molecular weight excluding hydrogens is 316 g/mol. The van der Waals surface area contributed by atoms with Gasteiger partial charge in [-0.15, -0.1) is 0 Å². The maximum Gasteiger partial charge on any atom is 0.204 e. The molecule has 19 heavy (non-hydrogen) atoms. The Morgan fingerprint density at radius 3 is 2.84 bits per heavy atom. The number of rotatable bonds is 2. The first-order valence-electron chi connectivity index (χ1n) is 5.44. The number of hydrogen-bond acceptors (Lipinski definition) is 5. The Bertz CT molecular complexity index is 680. The Balaban J connectivity index is 2.39. The summed E-state index contributed by atoms with van der Waals surface area (Å²) in [6.45, 7) is 0.620. The van der Waals surface area contributed by atoms with E-state index in [2.05, 4.69) is 9.98 Å². The van der Waals surface area contributed by atoms with Crippen LogP contribution in [0.15, 0.2) is 29.4 Å². The molecule has 0 amide bonds. The average Bonchev–Trinajstić information content (AvgIpc) is 2.72. The molecule has 0 spiro atoms. The molecule has 0 atom stereocenters.